The van der Waals surface area contributed by atoms with E-state index in [1.807, 2.05) is 36.6 Å². The van der Waals surface area contributed by atoms with Gasteiger partial charge in [0.05, 0.1) is 5.92 Å². The summed E-state index contributed by atoms with van der Waals surface area (Å²) in [6.45, 7) is 1.71. The zero-order chi connectivity index (χ0) is 15.8. The van der Waals surface area contributed by atoms with Crippen LogP contribution in [0.1, 0.15) is 24.9 Å². The van der Waals surface area contributed by atoms with Crippen LogP contribution in [0, 0.1) is 5.92 Å². The molecule has 0 aliphatic carbocycles. The Morgan fingerprint density at radius 3 is 2.48 bits per heavy atom. The maximum Gasteiger partial charge on any atom is 0.326 e. The first kappa shape index (κ1) is 17.5. The van der Waals surface area contributed by atoms with Crippen molar-refractivity contribution in [2.24, 2.45) is 11.7 Å². The highest BCUT2D eigenvalue weighted by atomic mass is 32.2. The maximum absolute atomic E-state index is 12.2. The molecule has 0 radical (unpaired) electrons. The van der Waals surface area contributed by atoms with E-state index in [9.17, 15) is 9.59 Å². The minimum Gasteiger partial charge on any atom is -0.480 e. The molecular weight excluding hydrogens is 288 g/mol. The average Bonchev–Trinajstić information content (AvgIpc) is 2.50. The molecule has 1 aromatic rings. The second kappa shape index (κ2) is 8.69. The van der Waals surface area contributed by atoms with E-state index in [1.165, 1.54) is 0 Å². The molecule has 3 atom stereocenters. The number of rotatable bonds is 8. The van der Waals surface area contributed by atoms with E-state index in [4.69, 9.17) is 10.8 Å². The van der Waals surface area contributed by atoms with Gasteiger partial charge in [-0.1, -0.05) is 37.3 Å². The van der Waals surface area contributed by atoms with Crippen molar-refractivity contribution in [1.29, 1.82) is 0 Å². The largest absolute Gasteiger partial charge is 0.480 e. The summed E-state index contributed by atoms with van der Waals surface area (Å²) in [7, 11) is 0. The molecule has 0 saturated heterocycles. The van der Waals surface area contributed by atoms with Gasteiger partial charge in [-0.05, 0) is 24.0 Å². The van der Waals surface area contributed by atoms with Crippen molar-refractivity contribution in [2.45, 2.75) is 25.4 Å². The molecule has 6 heteroatoms. The molecule has 1 rings (SSSR count). The molecule has 2 unspecified atom stereocenters. The van der Waals surface area contributed by atoms with Crippen LogP contribution in [0.4, 0.5) is 0 Å². The molecular formula is C15H22N2O3S. The number of nitrogens with two attached hydrogens (primary N) is 1. The fourth-order valence-corrected chi connectivity index (χ4v) is 2.39. The fraction of sp³-hybridized carbons (Fsp3) is 0.467. The molecule has 4 N–H and O–H groups in total. The molecule has 1 amide bonds. The zero-order valence-corrected chi connectivity index (χ0v) is 13.1. The Labute approximate surface area is 129 Å². The highest BCUT2D eigenvalue weighted by Crippen LogP contribution is 2.19. The zero-order valence-electron chi connectivity index (χ0n) is 12.3. The lowest BCUT2D eigenvalue weighted by Crippen LogP contribution is -2.45. The summed E-state index contributed by atoms with van der Waals surface area (Å²) in [5.41, 5.74) is 6.94. The van der Waals surface area contributed by atoms with E-state index in [2.05, 4.69) is 5.32 Å². The second-order valence-corrected chi connectivity index (χ2v) is 5.89. The van der Waals surface area contributed by atoms with Gasteiger partial charge in [0, 0.05) is 6.04 Å². The predicted molar refractivity (Wildman–Crippen MR) is 85.1 cm³/mol. The van der Waals surface area contributed by atoms with Gasteiger partial charge in [-0.25, -0.2) is 4.79 Å². The third-order valence-corrected chi connectivity index (χ3v) is 4.01. The van der Waals surface area contributed by atoms with Crippen LogP contribution >= 0.6 is 11.8 Å². The Balaban J connectivity index is 2.66. The highest BCUT2D eigenvalue weighted by molar-refractivity contribution is 7.98. The van der Waals surface area contributed by atoms with Gasteiger partial charge in [-0.2, -0.15) is 11.8 Å². The first-order chi connectivity index (χ1) is 9.97. The quantitative estimate of drug-likeness (QED) is 0.679. The van der Waals surface area contributed by atoms with Gasteiger partial charge in [-0.3, -0.25) is 4.79 Å². The average molecular weight is 310 g/mol. The Morgan fingerprint density at radius 1 is 1.33 bits per heavy atom. The molecule has 116 valence electrons. The van der Waals surface area contributed by atoms with Crippen molar-refractivity contribution in [2.75, 3.05) is 12.0 Å². The van der Waals surface area contributed by atoms with Crippen LogP contribution in [0.5, 0.6) is 0 Å². The Morgan fingerprint density at radius 2 is 1.95 bits per heavy atom. The first-order valence-corrected chi connectivity index (χ1v) is 8.19. The highest BCUT2D eigenvalue weighted by Gasteiger charge is 2.26. The van der Waals surface area contributed by atoms with Crippen LogP contribution in [0.15, 0.2) is 30.3 Å². The lowest BCUT2D eigenvalue weighted by atomic mass is 9.94. The van der Waals surface area contributed by atoms with Crippen LogP contribution in [0.25, 0.3) is 0 Å². The normalized spacial score (nSPS) is 15.0. The topological polar surface area (TPSA) is 92.4 Å². The number of benzene rings is 1. The van der Waals surface area contributed by atoms with Crippen molar-refractivity contribution in [1.82, 2.24) is 5.32 Å². The molecule has 0 aliphatic rings. The van der Waals surface area contributed by atoms with Gasteiger partial charge in [0.25, 0.3) is 0 Å². The van der Waals surface area contributed by atoms with E-state index in [0.29, 0.717) is 12.2 Å². The Hall–Kier alpha value is -1.53. The maximum atomic E-state index is 12.2. The summed E-state index contributed by atoms with van der Waals surface area (Å²) in [6, 6.07) is 7.99. The van der Waals surface area contributed by atoms with Gasteiger partial charge in [0.1, 0.15) is 6.04 Å². The van der Waals surface area contributed by atoms with Crippen LogP contribution in [-0.4, -0.2) is 35.0 Å². The van der Waals surface area contributed by atoms with E-state index < -0.39 is 24.0 Å². The van der Waals surface area contributed by atoms with Crippen LogP contribution in [-0.2, 0) is 9.59 Å². The predicted octanol–water partition coefficient (Wildman–Crippen LogP) is 1.64. The molecule has 0 fully saturated rings. The number of nitrogens with one attached hydrogen (secondary N) is 1. The minimum atomic E-state index is -1.02. The van der Waals surface area contributed by atoms with Gasteiger partial charge in [0.15, 0.2) is 0 Å². The lowest BCUT2D eigenvalue weighted by Gasteiger charge is -2.22. The fourth-order valence-electron chi connectivity index (χ4n) is 1.92. The number of carboxylic acids is 1. The summed E-state index contributed by atoms with van der Waals surface area (Å²) in [5, 5.41) is 11.7. The third-order valence-electron chi connectivity index (χ3n) is 3.36. The van der Waals surface area contributed by atoms with E-state index in [1.54, 1.807) is 18.7 Å². The van der Waals surface area contributed by atoms with Crippen molar-refractivity contribution >= 4 is 23.6 Å². The van der Waals surface area contributed by atoms with E-state index >= 15 is 0 Å². The number of carboxylic acid groups (broad SMARTS) is 1. The Kier molecular flexibility index (Phi) is 7.25. The lowest BCUT2D eigenvalue weighted by molar-refractivity contribution is -0.142. The van der Waals surface area contributed by atoms with Gasteiger partial charge in [-0.15, -0.1) is 0 Å². The van der Waals surface area contributed by atoms with Crippen LogP contribution in [0.3, 0.4) is 0 Å². The molecule has 0 heterocycles. The molecule has 0 spiro atoms. The van der Waals surface area contributed by atoms with E-state index in [0.717, 1.165) is 5.56 Å². The van der Waals surface area contributed by atoms with Crippen LogP contribution in [0.2, 0.25) is 0 Å². The van der Waals surface area contributed by atoms with Gasteiger partial charge >= 0.3 is 5.97 Å². The second-order valence-electron chi connectivity index (χ2n) is 4.91. The number of carbonyl (C=O) groups is 2. The smallest absolute Gasteiger partial charge is 0.326 e. The molecule has 0 aromatic heterocycles. The first-order valence-electron chi connectivity index (χ1n) is 6.80. The summed E-state index contributed by atoms with van der Waals surface area (Å²) >= 11 is 1.55. The monoisotopic (exact) mass is 310 g/mol. The summed E-state index contributed by atoms with van der Waals surface area (Å²) in [5.74, 6) is -1.17. The Bertz CT molecular complexity index is 467. The molecule has 0 bridgehead atoms. The van der Waals surface area contributed by atoms with Crippen molar-refractivity contribution in [3.05, 3.63) is 35.9 Å². The van der Waals surface area contributed by atoms with Gasteiger partial charge in [0.2, 0.25) is 5.91 Å². The van der Waals surface area contributed by atoms with Crippen molar-refractivity contribution in [3.63, 3.8) is 0 Å². The number of thioether (sulfide) groups is 1. The van der Waals surface area contributed by atoms with Gasteiger partial charge < -0.3 is 16.2 Å². The summed E-state index contributed by atoms with van der Waals surface area (Å²) in [4.78, 5) is 23.3. The van der Waals surface area contributed by atoms with Crippen molar-refractivity contribution in [3.8, 4) is 0 Å². The number of carbonyl (C=O) groups excluding carboxylic acids is 1. The SMILES string of the molecule is CSCC[C@@H](NC(=O)C(C)C(N)c1ccccc1)C(=O)O. The van der Waals surface area contributed by atoms with E-state index in [-0.39, 0.29) is 5.91 Å². The number of hydrogen-bond donors (Lipinski definition) is 3. The molecule has 0 saturated carbocycles. The standard InChI is InChI=1S/C15H22N2O3S/c1-10(13(16)11-6-4-3-5-7-11)14(18)17-12(15(19)20)8-9-21-2/h3-7,10,12-13H,8-9,16H2,1-2H3,(H,17,18)(H,19,20)/t10?,12-,13?/m1/s1. The minimum absolute atomic E-state index is 0.333. The van der Waals surface area contributed by atoms with Crippen molar-refractivity contribution < 1.29 is 14.7 Å². The summed E-state index contributed by atoms with van der Waals surface area (Å²) < 4.78 is 0. The number of aliphatic carboxylic acids is 1. The molecule has 0 aliphatic heterocycles. The summed E-state index contributed by atoms with van der Waals surface area (Å²) in [6.07, 6.45) is 2.30. The molecule has 1 aromatic carbocycles. The molecule has 5 nitrogen and oxygen atoms in total. The molecule has 21 heavy (non-hydrogen) atoms. The van der Waals surface area contributed by atoms with Crippen LogP contribution < -0.4 is 11.1 Å². The third kappa shape index (κ3) is 5.40. The number of amides is 1. The number of hydrogen-bond acceptors (Lipinski definition) is 4.